The number of carbonyl (C=O) groups is 2. The van der Waals surface area contributed by atoms with Gasteiger partial charge in [-0.2, -0.15) is 16.9 Å². The van der Waals surface area contributed by atoms with Gasteiger partial charge in [-0.1, -0.05) is 47.5 Å². The minimum atomic E-state index is -0.691. The predicted molar refractivity (Wildman–Crippen MR) is 128 cm³/mol. The third kappa shape index (κ3) is 6.72. The minimum absolute atomic E-state index is 0.237. The number of benzene rings is 2. The Morgan fingerprint density at radius 2 is 1.94 bits per heavy atom. The van der Waals surface area contributed by atoms with Gasteiger partial charge in [-0.3, -0.25) is 9.59 Å². The van der Waals surface area contributed by atoms with Gasteiger partial charge in [-0.15, -0.1) is 0 Å². The zero-order chi connectivity index (χ0) is 22.9. The van der Waals surface area contributed by atoms with E-state index in [1.807, 2.05) is 30.5 Å². The summed E-state index contributed by atoms with van der Waals surface area (Å²) in [5.74, 6) is 0.0443. The van der Waals surface area contributed by atoms with Crippen molar-refractivity contribution in [1.82, 2.24) is 25.4 Å². The predicted octanol–water partition coefficient (Wildman–Crippen LogP) is 3.80. The Kier molecular flexibility index (Phi) is 8.96. The highest BCUT2D eigenvalue weighted by atomic mass is 35.5. The van der Waals surface area contributed by atoms with E-state index in [1.54, 1.807) is 34.9 Å². The number of carbonyl (C=O) groups excluding carboxylic acids is 2. The lowest BCUT2D eigenvalue weighted by Gasteiger charge is -2.19. The van der Waals surface area contributed by atoms with E-state index in [9.17, 15) is 9.59 Å². The lowest BCUT2D eigenvalue weighted by molar-refractivity contribution is -0.123. The van der Waals surface area contributed by atoms with Crippen LogP contribution in [0.15, 0.2) is 55.1 Å². The Morgan fingerprint density at radius 3 is 2.62 bits per heavy atom. The van der Waals surface area contributed by atoms with Gasteiger partial charge in [0.2, 0.25) is 5.91 Å². The molecule has 0 aliphatic rings. The largest absolute Gasteiger partial charge is 0.350 e. The summed E-state index contributed by atoms with van der Waals surface area (Å²) >= 11 is 13.7. The number of thioether (sulfide) groups is 1. The zero-order valence-corrected chi connectivity index (χ0v) is 19.8. The molecule has 7 nitrogen and oxygen atoms in total. The molecule has 0 bridgehead atoms. The summed E-state index contributed by atoms with van der Waals surface area (Å²) in [7, 11) is 0. The van der Waals surface area contributed by atoms with Gasteiger partial charge in [0.15, 0.2) is 0 Å². The summed E-state index contributed by atoms with van der Waals surface area (Å²) in [4.78, 5) is 29.6. The van der Waals surface area contributed by atoms with Gasteiger partial charge >= 0.3 is 0 Å². The van der Waals surface area contributed by atoms with Gasteiger partial charge in [0, 0.05) is 11.6 Å². The number of hydrogen-bond acceptors (Lipinski definition) is 5. The molecule has 2 N–H and O–H groups in total. The summed E-state index contributed by atoms with van der Waals surface area (Å²) in [6.45, 7) is 0.880. The second-order valence-electron chi connectivity index (χ2n) is 7.01. The van der Waals surface area contributed by atoms with Gasteiger partial charge in [-0.05, 0) is 47.8 Å². The van der Waals surface area contributed by atoms with Crippen LogP contribution in [-0.4, -0.2) is 44.6 Å². The van der Waals surface area contributed by atoms with Crippen LogP contribution in [0.3, 0.4) is 0 Å². The molecular formula is C22H23Cl2N5O2S. The van der Waals surface area contributed by atoms with Gasteiger partial charge < -0.3 is 10.6 Å². The van der Waals surface area contributed by atoms with Crippen molar-refractivity contribution in [1.29, 1.82) is 0 Å². The summed E-state index contributed by atoms with van der Waals surface area (Å²) in [6, 6.07) is 11.7. The highest BCUT2D eigenvalue weighted by Gasteiger charge is 2.22. The smallest absolute Gasteiger partial charge is 0.253 e. The molecule has 10 heteroatoms. The lowest BCUT2D eigenvalue weighted by Crippen LogP contribution is -2.47. The van der Waals surface area contributed by atoms with Crippen LogP contribution in [0.4, 0.5) is 0 Å². The van der Waals surface area contributed by atoms with Crippen LogP contribution >= 0.6 is 35.0 Å². The SMILES string of the molecule is CSCCC(NC(=O)c1ccc(Cl)cc1Cl)C(=O)NCc1ccccc1Cn1cncn1. The Labute approximate surface area is 200 Å². The number of rotatable bonds is 10. The molecule has 0 radical (unpaired) electrons. The van der Waals surface area contributed by atoms with E-state index in [2.05, 4.69) is 20.7 Å². The maximum atomic E-state index is 12.9. The number of hydrogen-bond donors (Lipinski definition) is 2. The average Bonchev–Trinajstić information content (AvgIpc) is 3.28. The first-order valence-corrected chi connectivity index (χ1v) is 12.0. The highest BCUT2D eigenvalue weighted by molar-refractivity contribution is 7.98. The van der Waals surface area contributed by atoms with Crippen molar-refractivity contribution in [3.63, 3.8) is 0 Å². The minimum Gasteiger partial charge on any atom is -0.350 e. The Hall–Kier alpha value is -2.55. The average molecular weight is 492 g/mol. The van der Waals surface area contributed by atoms with Gasteiger partial charge in [0.05, 0.1) is 17.1 Å². The molecule has 1 atom stereocenters. The van der Waals surface area contributed by atoms with Crippen LogP contribution < -0.4 is 10.6 Å². The normalized spacial score (nSPS) is 11.7. The van der Waals surface area contributed by atoms with Crippen molar-refractivity contribution in [2.45, 2.75) is 25.6 Å². The van der Waals surface area contributed by atoms with Crippen LogP contribution in [0.25, 0.3) is 0 Å². The molecule has 3 rings (SSSR count). The van der Waals surface area contributed by atoms with Gasteiger partial charge in [0.25, 0.3) is 5.91 Å². The van der Waals surface area contributed by atoms with E-state index in [0.717, 1.165) is 16.9 Å². The topological polar surface area (TPSA) is 88.9 Å². The van der Waals surface area contributed by atoms with Crippen LogP contribution in [0.1, 0.15) is 27.9 Å². The molecular weight excluding hydrogens is 469 g/mol. The number of nitrogens with one attached hydrogen (secondary N) is 2. The molecule has 0 fully saturated rings. The number of nitrogens with zero attached hydrogens (tertiary/aromatic N) is 3. The van der Waals surface area contributed by atoms with Crippen LogP contribution in [0.5, 0.6) is 0 Å². The first-order chi connectivity index (χ1) is 15.5. The fourth-order valence-electron chi connectivity index (χ4n) is 3.09. The quantitative estimate of drug-likeness (QED) is 0.450. The van der Waals surface area contributed by atoms with E-state index < -0.39 is 11.9 Å². The van der Waals surface area contributed by atoms with Crippen LogP contribution in [0.2, 0.25) is 10.0 Å². The molecule has 3 aromatic rings. The third-order valence-corrected chi connectivity index (χ3v) is 5.97. The Balaban J connectivity index is 1.67. The van der Waals surface area contributed by atoms with Crippen molar-refractivity contribution in [2.75, 3.05) is 12.0 Å². The van der Waals surface area contributed by atoms with E-state index in [-0.39, 0.29) is 16.5 Å². The maximum Gasteiger partial charge on any atom is 0.253 e. The van der Waals surface area contributed by atoms with Crippen molar-refractivity contribution < 1.29 is 9.59 Å². The zero-order valence-electron chi connectivity index (χ0n) is 17.4. The fraction of sp³-hybridized carbons (Fsp3) is 0.273. The lowest BCUT2D eigenvalue weighted by atomic mass is 10.1. The standard InChI is InChI=1S/C22H23Cl2N5O2S/c1-32-9-8-20(28-21(30)18-7-6-17(23)10-19(18)24)22(31)26-11-15-4-2-3-5-16(15)12-29-14-25-13-27-29/h2-7,10,13-14,20H,8-9,11-12H2,1H3,(H,26,31)(H,28,30). The monoisotopic (exact) mass is 491 g/mol. The molecule has 0 saturated carbocycles. The Morgan fingerprint density at radius 1 is 1.16 bits per heavy atom. The molecule has 2 amide bonds. The fourth-order valence-corrected chi connectivity index (χ4v) is 4.06. The molecule has 1 heterocycles. The van der Waals surface area contributed by atoms with Gasteiger partial charge in [-0.25, -0.2) is 9.67 Å². The van der Waals surface area contributed by atoms with E-state index in [0.29, 0.717) is 24.5 Å². The van der Waals surface area contributed by atoms with Crippen LogP contribution in [-0.2, 0) is 17.9 Å². The summed E-state index contributed by atoms with van der Waals surface area (Å²) < 4.78 is 1.72. The van der Waals surface area contributed by atoms with E-state index in [1.165, 1.54) is 12.4 Å². The number of amides is 2. The second kappa shape index (κ2) is 11.9. The van der Waals surface area contributed by atoms with Gasteiger partial charge in [0.1, 0.15) is 18.7 Å². The number of halogens is 2. The Bertz CT molecular complexity index is 1060. The third-order valence-electron chi connectivity index (χ3n) is 4.78. The number of aromatic nitrogens is 3. The van der Waals surface area contributed by atoms with Crippen molar-refractivity contribution in [3.8, 4) is 0 Å². The molecule has 0 aliphatic heterocycles. The maximum absolute atomic E-state index is 12.9. The first kappa shape index (κ1) is 24.1. The molecule has 0 saturated heterocycles. The molecule has 1 unspecified atom stereocenters. The molecule has 0 spiro atoms. The first-order valence-electron chi connectivity index (χ1n) is 9.89. The van der Waals surface area contributed by atoms with E-state index in [4.69, 9.17) is 23.2 Å². The van der Waals surface area contributed by atoms with Crippen molar-refractivity contribution in [3.05, 3.63) is 81.9 Å². The summed E-state index contributed by atoms with van der Waals surface area (Å²) in [5.41, 5.74) is 2.26. The second-order valence-corrected chi connectivity index (χ2v) is 8.84. The van der Waals surface area contributed by atoms with Crippen molar-refractivity contribution >= 4 is 46.8 Å². The molecule has 32 heavy (non-hydrogen) atoms. The highest BCUT2D eigenvalue weighted by Crippen LogP contribution is 2.21. The molecule has 2 aromatic carbocycles. The molecule has 1 aromatic heterocycles. The molecule has 0 aliphatic carbocycles. The summed E-state index contributed by atoms with van der Waals surface area (Å²) in [6.07, 6.45) is 5.57. The van der Waals surface area contributed by atoms with Crippen LogP contribution in [0, 0.1) is 0 Å². The summed E-state index contributed by atoms with van der Waals surface area (Å²) in [5, 5.41) is 10.6. The van der Waals surface area contributed by atoms with E-state index >= 15 is 0 Å². The molecule has 168 valence electrons. The van der Waals surface area contributed by atoms with Crippen molar-refractivity contribution in [2.24, 2.45) is 0 Å².